The van der Waals surface area contributed by atoms with Crippen molar-refractivity contribution in [1.29, 1.82) is 0 Å². The van der Waals surface area contributed by atoms with Gasteiger partial charge in [-0.1, -0.05) is 0 Å². The molecule has 7 heteroatoms. The van der Waals surface area contributed by atoms with Gasteiger partial charge in [-0.3, -0.25) is 19.4 Å². The van der Waals surface area contributed by atoms with E-state index in [-0.39, 0.29) is 5.91 Å². The number of rotatable bonds is 3. The predicted octanol–water partition coefficient (Wildman–Crippen LogP) is 1.65. The Morgan fingerprint density at radius 2 is 2.26 bits per heavy atom. The summed E-state index contributed by atoms with van der Waals surface area (Å²) < 4.78 is 2.12. The smallest absolute Gasteiger partial charge is 0.244 e. The number of carbonyl (C=O) groups excluding carboxylic acids is 1. The second-order valence-corrected chi connectivity index (χ2v) is 4.76. The molecule has 1 N–H and O–H groups in total. The van der Waals surface area contributed by atoms with Crippen LogP contribution in [-0.4, -0.2) is 44.7 Å². The highest BCUT2D eigenvalue weighted by Gasteiger charge is 2.21. The first kappa shape index (κ1) is 13.4. The van der Waals surface area contributed by atoms with Gasteiger partial charge in [-0.05, 0) is 31.3 Å². The third kappa shape index (κ3) is 2.55. The zero-order valence-corrected chi connectivity index (χ0v) is 11.8. The summed E-state index contributed by atoms with van der Waals surface area (Å²) in [6.07, 6.45) is 3.37. The molecule has 2 heterocycles. The van der Waals surface area contributed by atoms with Crippen molar-refractivity contribution >= 4 is 18.1 Å². The van der Waals surface area contributed by atoms with Crippen molar-refractivity contribution in [2.24, 2.45) is 0 Å². The Labute approximate surface area is 116 Å². The van der Waals surface area contributed by atoms with Crippen LogP contribution in [-0.2, 0) is 4.79 Å². The molecule has 2 aromatic rings. The molecular formula is C12H15N5OS. The minimum Gasteiger partial charge on any atom is -0.347 e. The van der Waals surface area contributed by atoms with Crippen LogP contribution in [0.15, 0.2) is 24.5 Å². The van der Waals surface area contributed by atoms with Gasteiger partial charge in [-0.25, -0.2) is 0 Å². The van der Waals surface area contributed by atoms with E-state index in [1.165, 1.54) is 4.90 Å². The summed E-state index contributed by atoms with van der Waals surface area (Å²) in [5.74, 6) is 0.573. The first-order valence-electron chi connectivity index (χ1n) is 5.81. The third-order valence-corrected chi connectivity index (χ3v) is 3.10. The summed E-state index contributed by atoms with van der Waals surface area (Å²) in [5, 5.41) is 6.91. The molecule has 19 heavy (non-hydrogen) atoms. The topological polar surface area (TPSA) is 66.8 Å². The number of H-pyrrole nitrogens is 1. The average Bonchev–Trinajstić information content (AvgIpc) is 2.79. The maximum absolute atomic E-state index is 12.1. The van der Waals surface area contributed by atoms with Gasteiger partial charge in [0.05, 0.1) is 0 Å². The summed E-state index contributed by atoms with van der Waals surface area (Å²) in [5.41, 5.74) is 0.813. The predicted molar refractivity (Wildman–Crippen MR) is 74.0 cm³/mol. The van der Waals surface area contributed by atoms with Gasteiger partial charge in [0.15, 0.2) is 10.6 Å². The molecule has 1 amide bonds. The normalized spacial score (nSPS) is 12.2. The number of nitrogens with zero attached hydrogens (tertiary/aromatic N) is 4. The van der Waals surface area contributed by atoms with Crippen LogP contribution in [0.2, 0.25) is 0 Å². The molecule has 0 bridgehead atoms. The number of pyridine rings is 1. The van der Waals surface area contributed by atoms with Gasteiger partial charge in [0.25, 0.3) is 0 Å². The molecule has 0 saturated heterocycles. The Morgan fingerprint density at radius 3 is 2.84 bits per heavy atom. The van der Waals surface area contributed by atoms with E-state index in [2.05, 4.69) is 15.2 Å². The average molecular weight is 277 g/mol. The van der Waals surface area contributed by atoms with Gasteiger partial charge in [0.2, 0.25) is 5.91 Å². The quantitative estimate of drug-likeness (QED) is 0.866. The summed E-state index contributed by atoms with van der Waals surface area (Å²) in [6.45, 7) is 1.80. The molecule has 100 valence electrons. The number of aromatic nitrogens is 4. The monoisotopic (exact) mass is 277 g/mol. The van der Waals surface area contributed by atoms with Gasteiger partial charge in [0, 0.05) is 32.1 Å². The Morgan fingerprint density at radius 1 is 1.53 bits per heavy atom. The summed E-state index contributed by atoms with van der Waals surface area (Å²) in [7, 11) is 3.43. The Kier molecular flexibility index (Phi) is 3.75. The minimum absolute atomic E-state index is 0.0392. The standard InChI is InChI=1S/C12H15N5OS/c1-8(11(18)16(2)3)17-10(14-15-12(17)19)9-5-4-6-13-7-9/h4-8H,1-3H3,(H,15,19). The molecule has 2 rings (SSSR count). The van der Waals surface area contributed by atoms with Gasteiger partial charge in [0.1, 0.15) is 6.04 Å². The Balaban J connectivity index is 2.50. The molecule has 0 radical (unpaired) electrons. The van der Waals surface area contributed by atoms with E-state index in [1.54, 1.807) is 38.0 Å². The van der Waals surface area contributed by atoms with Crippen LogP contribution >= 0.6 is 12.2 Å². The van der Waals surface area contributed by atoms with E-state index in [0.717, 1.165) is 5.56 Å². The number of aromatic amines is 1. The lowest BCUT2D eigenvalue weighted by Gasteiger charge is -2.19. The zero-order valence-electron chi connectivity index (χ0n) is 11.0. The van der Waals surface area contributed by atoms with Crippen LogP contribution in [0, 0.1) is 4.77 Å². The highest BCUT2D eigenvalue weighted by Crippen LogP contribution is 2.21. The first-order chi connectivity index (χ1) is 9.02. The molecule has 1 unspecified atom stereocenters. The van der Waals surface area contributed by atoms with E-state index >= 15 is 0 Å². The maximum atomic E-state index is 12.1. The fraction of sp³-hybridized carbons (Fsp3) is 0.333. The fourth-order valence-corrected chi connectivity index (χ4v) is 2.14. The van der Waals surface area contributed by atoms with E-state index in [4.69, 9.17) is 12.2 Å². The number of hydrogen-bond acceptors (Lipinski definition) is 4. The number of hydrogen-bond donors (Lipinski definition) is 1. The van der Waals surface area contributed by atoms with Crippen molar-refractivity contribution in [2.75, 3.05) is 14.1 Å². The Hall–Kier alpha value is -2.02. The van der Waals surface area contributed by atoms with Crippen LogP contribution in [0.3, 0.4) is 0 Å². The van der Waals surface area contributed by atoms with Crippen LogP contribution in [0.4, 0.5) is 0 Å². The van der Waals surface area contributed by atoms with Gasteiger partial charge < -0.3 is 4.90 Å². The molecule has 0 aromatic carbocycles. The number of carbonyl (C=O) groups is 1. The highest BCUT2D eigenvalue weighted by molar-refractivity contribution is 7.71. The molecule has 6 nitrogen and oxygen atoms in total. The summed E-state index contributed by atoms with van der Waals surface area (Å²) in [4.78, 5) is 17.7. The molecule has 0 spiro atoms. The molecule has 0 saturated carbocycles. The van der Waals surface area contributed by atoms with E-state index in [9.17, 15) is 4.79 Å². The van der Waals surface area contributed by atoms with Crippen LogP contribution < -0.4 is 0 Å². The maximum Gasteiger partial charge on any atom is 0.244 e. The van der Waals surface area contributed by atoms with Crippen LogP contribution in [0.5, 0.6) is 0 Å². The fourth-order valence-electron chi connectivity index (χ4n) is 1.85. The molecule has 0 aliphatic carbocycles. The summed E-state index contributed by atoms with van der Waals surface area (Å²) >= 11 is 5.21. The SMILES string of the molecule is CC(C(=O)N(C)C)n1c(-c2cccnc2)n[nH]c1=S. The third-order valence-electron chi connectivity index (χ3n) is 2.81. The van der Waals surface area contributed by atoms with Crippen molar-refractivity contribution in [3.8, 4) is 11.4 Å². The van der Waals surface area contributed by atoms with Crippen LogP contribution in [0.1, 0.15) is 13.0 Å². The molecule has 2 aromatic heterocycles. The molecular weight excluding hydrogens is 262 g/mol. The lowest BCUT2D eigenvalue weighted by molar-refractivity contribution is -0.131. The molecule has 0 fully saturated rings. The zero-order chi connectivity index (χ0) is 14.0. The minimum atomic E-state index is -0.420. The molecule has 0 aliphatic heterocycles. The van der Waals surface area contributed by atoms with E-state index < -0.39 is 6.04 Å². The highest BCUT2D eigenvalue weighted by atomic mass is 32.1. The van der Waals surface area contributed by atoms with Crippen molar-refractivity contribution < 1.29 is 4.79 Å². The van der Waals surface area contributed by atoms with Crippen molar-refractivity contribution in [1.82, 2.24) is 24.6 Å². The largest absolute Gasteiger partial charge is 0.347 e. The molecule has 1 atom stereocenters. The second kappa shape index (κ2) is 5.31. The lowest BCUT2D eigenvalue weighted by atomic mass is 10.2. The van der Waals surface area contributed by atoms with E-state index in [1.807, 2.05) is 12.1 Å². The van der Waals surface area contributed by atoms with Crippen molar-refractivity contribution in [3.63, 3.8) is 0 Å². The van der Waals surface area contributed by atoms with Crippen LogP contribution in [0.25, 0.3) is 11.4 Å². The van der Waals surface area contributed by atoms with Crippen molar-refractivity contribution in [3.05, 3.63) is 29.3 Å². The molecule has 0 aliphatic rings. The van der Waals surface area contributed by atoms with Gasteiger partial charge in [-0.15, -0.1) is 0 Å². The number of likely N-dealkylation sites (N-methyl/N-ethyl adjacent to an activating group) is 1. The Bertz CT molecular complexity index is 631. The number of amides is 1. The number of nitrogens with one attached hydrogen (secondary N) is 1. The first-order valence-corrected chi connectivity index (χ1v) is 6.21. The van der Waals surface area contributed by atoms with E-state index in [0.29, 0.717) is 10.6 Å². The lowest BCUT2D eigenvalue weighted by Crippen LogP contribution is -2.30. The second-order valence-electron chi connectivity index (χ2n) is 4.37. The summed E-state index contributed by atoms with van der Waals surface area (Å²) in [6, 6.07) is 3.27. The van der Waals surface area contributed by atoms with Crippen molar-refractivity contribution in [2.45, 2.75) is 13.0 Å². The van der Waals surface area contributed by atoms with Gasteiger partial charge >= 0.3 is 0 Å². The van der Waals surface area contributed by atoms with Gasteiger partial charge in [-0.2, -0.15) is 5.10 Å².